The molecule has 1 aliphatic rings. The van der Waals surface area contributed by atoms with Crippen molar-refractivity contribution in [2.24, 2.45) is 5.92 Å². The zero-order chi connectivity index (χ0) is 10.7. The maximum Gasteiger partial charge on any atom is 0.0970 e. The number of rotatable bonds is 2. The first-order valence-electron chi connectivity index (χ1n) is 5.61. The Balaban J connectivity index is 2.05. The number of ether oxygens (including phenoxy) is 1. The van der Waals surface area contributed by atoms with E-state index in [0.29, 0.717) is 5.92 Å². The Morgan fingerprint density at radius 1 is 1.20 bits per heavy atom. The van der Waals surface area contributed by atoms with Crippen molar-refractivity contribution in [3.8, 4) is 0 Å². The minimum Gasteiger partial charge on any atom is -0.367 e. The fourth-order valence-corrected chi connectivity index (χ4v) is 1.84. The zero-order valence-corrected chi connectivity index (χ0v) is 9.39. The third-order valence-electron chi connectivity index (χ3n) is 2.86. The zero-order valence-electron chi connectivity index (χ0n) is 9.39. The van der Waals surface area contributed by atoms with E-state index >= 15 is 0 Å². The number of nitrogens with zero attached hydrogens (tertiary/aromatic N) is 1. The van der Waals surface area contributed by atoms with Crippen molar-refractivity contribution in [3.05, 3.63) is 35.9 Å². The number of hydrogen-bond acceptors (Lipinski definition) is 1. The van der Waals surface area contributed by atoms with Gasteiger partial charge in [-0.1, -0.05) is 44.2 Å². The van der Waals surface area contributed by atoms with Crippen molar-refractivity contribution in [2.45, 2.75) is 26.1 Å². The standard InChI is InChI=1S/C13H18NO/c1-10(2)12-8-14-9-13(15-12)11-6-4-3-5-7-11/h3-7,10,12-13H,8-9H2,1-2H3. The lowest BCUT2D eigenvalue weighted by Gasteiger charge is -2.32. The van der Waals surface area contributed by atoms with Crippen LogP contribution in [0.4, 0.5) is 0 Å². The van der Waals surface area contributed by atoms with Crippen molar-refractivity contribution in [1.82, 2.24) is 5.32 Å². The molecule has 1 aromatic rings. The van der Waals surface area contributed by atoms with Crippen LogP contribution in [0, 0.1) is 5.92 Å². The Kier molecular flexibility index (Phi) is 3.39. The first-order valence-corrected chi connectivity index (χ1v) is 5.61. The number of hydrogen-bond donors (Lipinski definition) is 0. The predicted molar refractivity (Wildman–Crippen MR) is 60.8 cm³/mol. The molecule has 81 valence electrons. The lowest BCUT2D eigenvalue weighted by atomic mass is 10.0. The molecule has 0 aliphatic carbocycles. The molecule has 0 aromatic heterocycles. The van der Waals surface area contributed by atoms with E-state index in [2.05, 4.69) is 43.4 Å². The third kappa shape index (κ3) is 2.58. The molecule has 0 bridgehead atoms. The van der Waals surface area contributed by atoms with Crippen molar-refractivity contribution in [2.75, 3.05) is 13.1 Å². The van der Waals surface area contributed by atoms with Gasteiger partial charge in [0.1, 0.15) is 0 Å². The van der Waals surface area contributed by atoms with Gasteiger partial charge in [0.25, 0.3) is 0 Å². The molecule has 2 atom stereocenters. The van der Waals surface area contributed by atoms with Crippen LogP contribution in [-0.4, -0.2) is 19.2 Å². The van der Waals surface area contributed by atoms with Crippen LogP contribution in [0.3, 0.4) is 0 Å². The largest absolute Gasteiger partial charge is 0.367 e. The van der Waals surface area contributed by atoms with Crippen molar-refractivity contribution < 1.29 is 4.74 Å². The fraction of sp³-hybridized carbons (Fsp3) is 0.538. The quantitative estimate of drug-likeness (QED) is 0.725. The van der Waals surface area contributed by atoms with Crippen LogP contribution >= 0.6 is 0 Å². The predicted octanol–water partition coefficient (Wildman–Crippen LogP) is 2.39. The first-order chi connectivity index (χ1) is 7.27. The summed E-state index contributed by atoms with van der Waals surface area (Å²) in [6.45, 7) is 6.02. The summed E-state index contributed by atoms with van der Waals surface area (Å²) in [5.41, 5.74) is 1.24. The lowest BCUT2D eigenvalue weighted by Crippen LogP contribution is -2.39. The normalized spacial score (nSPS) is 26.9. The number of morpholine rings is 1. The molecule has 1 aliphatic heterocycles. The van der Waals surface area contributed by atoms with Crippen LogP contribution in [0.5, 0.6) is 0 Å². The SMILES string of the molecule is CC(C)C1C[N]CC(c2ccccc2)O1. The summed E-state index contributed by atoms with van der Waals surface area (Å²) >= 11 is 0. The summed E-state index contributed by atoms with van der Waals surface area (Å²) in [6.07, 6.45) is 0.441. The van der Waals surface area contributed by atoms with E-state index in [0.717, 1.165) is 13.1 Å². The Hall–Kier alpha value is -0.860. The molecule has 0 spiro atoms. The van der Waals surface area contributed by atoms with Gasteiger partial charge in [0.2, 0.25) is 0 Å². The summed E-state index contributed by atoms with van der Waals surface area (Å²) in [5.74, 6) is 0.542. The average molecular weight is 204 g/mol. The third-order valence-corrected chi connectivity index (χ3v) is 2.86. The highest BCUT2D eigenvalue weighted by Crippen LogP contribution is 2.24. The van der Waals surface area contributed by atoms with Crippen LogP contribution in [0.15, 0.2) is 30.3 Å². The smallest absolute Gasteiger partial charge is 0.0970 e. The van der Waals surface area contributed by atoms with Crippen molar-refractivity contribution >= 4 is 0 Å². The highest BCUT2D eigenvalue weighted by Gasteiger charge is 2.25. The molecule has 0 saturated carbocycles. The van der Waals surface area contributed by atoms with Gasteiger partial charge in [-0.25, -0.2) is 5.32 Å². The fourth-order valence-electron chi connectivity index (χ4n) is 1.84. The minimum atomic E-state index is 0.160. The van der Waals surface area contributed by atoms with Gasteiger partial charge in [0, 0.05) is 13.1 Å². The topological polar surface area (TPSA) is 23.3 Å². The first kappa shape index (κ1) is 10.7. The molecule has 2 unspecified atom stereocenters. The van der Waals surface area contributed by atoms with E-state index in [1.54, 1.807) is 0 Å². The van der Waals surface area contributed by atoms with Gasteiger partial charge in [-0.15, -0.1) is 0 Å². The molecular formula is C13H18NO. The molecule has 0 amide bonds. The number of benzene rings is 1. The summed E-state index contributed by atoms with van der Waals surface area (Å²) < 4.78 is 6.04. The second-order valence-corrected chi connectivity index (χ2v) is 4.41. The van der Waals surface area contributed by atoms with Gasteiger partial charge in [-0.3, -0.25) is 0 Å². The molecule has 1 heterocycles. The van der Waals surface area contributed by atoms with Gasteiger partial charge in [-0.05, 0) is 11.5 Å². The average Bonchev–Trinajstić information content (AvgIpc) is 2.30. The van der Waals surface area contributed by atoms with Crippen molar-refractivity contribution in [1.29, 1.82) is 0 Å². The van der Waals surface area contributed by atoms with E-state index in [4.69, 9.17) is 4.74 Å². The Morgan fingerprint density at radius 2 is 1.93 bits per heavy atom. The van der Waals surface area contributed by atoms with E-state index in [9.17, 15) is 0 Å². The summed E-state index contributed by atoms with van der Waals surface area (Å²) in [4.78, 5) is 0. The van der Waals surface area contributed by atoms with Gasteiger partial charge in [-0.2, -0.15) is 0 Å². The lowest BCUT2D eigenvalue weighted by molar-refractivity contribution is -0.0617. The highest BCUT2D eigenvalue weighted by molar-refractivity contribution is 5.18. The molecular weight excluding hydrogens is 186 g/mol. The molecule has 2 heteroatoms. The minimum absolute atomic E-state index is 0.160. The monoisotopic (exact) mass is 204 g/mol. The summed E-state index contributed by atoms with van der Waals surface area (Å²) in [7, 11) is 0. The van der Waals surface area contributed by atoms with E-state index in [-0.39, 0.29) is 12.2 Å². The molecule has 1 aromatic carbocycles. The van der Waals surface area contributed by atoms with Crippen molar-refractivity contribution in [3.63, 3.8) is 0 Å². The highest BCUT2D eigenvalue weighted by atomic mass is 16.5. The Bertz CT molecular complexity index is 297. The summed E-state index contributed by atoms with van der Waals surface area (Å²) in [5, 5.41) is 4.51. The molecule has 1 fully saturated rings. The van der Waals surface area contributed by atoms with Gasteiger partial charge in [0.15, 0.2) is 0 Å². The molecule has 1 radical (unpaired) electrons. The van der Waals surface area contributed by atoms with Crippen LogP contribution in [0.2, 0.25) is 0 Å². The van der Waals surface area contributed by atoms with Crippen LogP contribution in [-0.2, 0) is 4.74 Å². The van der Waals surface area contributed by atoms with Crippen LogP contribution < -0.4 is 5.32 Å². The Labute approximate surface area is 91.6 Å². The second-order valence-electron chi connectivity index (χ2n) is 4.41. The summed E-state index contributed by atoms with van der Waals surface area (Å²) in [6, 6.07) is 10.4. The molecule has 1 saturated heterocycles. The molecule has 0 N–H and O–H groups in total. The van der Waals surface area contributed by atoms with Crippen LogP contribution in [0.25, 0.3) is 0 Å². The molecule has 2 rings (SSSR count). The van der Waals surface area contributed by atoms with Gasteiger partial charge in [0.05, 0.1) is 12.2 Å². The molecule has 15 heavy (non-hydrogen) atoms. The molecule has 2 nitrogen and oxygen atoms in total. The van der Waals surface area contributed by atoms with Crippen LogP contribution in [0.1, 0.15) is 25.5 Å². The van der Waals surface area contributed by atoms with E-state index in [1.165, 1.54) is 5.56 Å². The van der Waals surface area contributed by atoms with Gasteiger partial charge >= 0.3 is 0 Å². The maximum atomic E-state index is 6.04. The van der Waals surface area contributed by atoms with Gasteiger partial charge < -0.3 is 4.74 Å². The van der Waals surface area contributed by atoms with E-state index < -0.39 is 0 Å². The second kappa shape index (κ2) is 4.77. The Morgan fingerprint density at radius 3 is 2.60 bits per heavy atom. The maximum absolute atomic E-state index is 6.04. The van der Waals surface area contributed by atoms with E-state index in [1.807, 2.05) is 6.07 Å².